The highest BCUT2D eigenvalue weighted by Crippen LogP contribution is 2.19. The van der Waals surface area contributed by atoms with Crippen LogP contribution in [0.3, 0.4) is 0 Å². The van der Waals surface area contributed by atoms with Gasteiger partial charge in [-0.25, -0.2) is 4.39 Å². The van der Waals surface area contributed by atoms with Crippen molar-refractivity contribution in [1.82, 2.24) is 15.1 Å². The number of nitrogens with zero attached hydrogens (tertiary/aromatic N) is 2. The predicted molar refractivity (Wildman–Crippen MR) is 83.2 cm³/mol. The summed E-state index contributed by atoms with van der Waals surface area (Å²) in [6.45, 7) is 9.51. The van der Waals surface area contributed by atoms with Crippen molar-refractivity contribution in [2.45, 2.75) is 13.5 Å². The summed E-state index contributed by atoms with van der Waals surface area (Å²) in [5, 5.41) is 3.21. The van der Waals surface area contributed by atoms with Gasteiger partial charge in [0, 0.05) is 44.8 Å². The molecule has 0 unspecified atom stereocenters. The van der Waals surface area contributed by atoms with Crippen molar-refractivity contribution >= 4 is 0 Å². The quantitative estimate of drug-likeness (QED) is 0.826. The lowest BCUT2D eigenvalue weighted by molar-refractivity contribution is 0.133. The number of benzene rings is 1. The molecule has 0 amide bonds. The number of ether oxygens (including phenoxy) is 1. The fraction of sp³-hybridized carbons (Fsp3) is 0.625. The monoisotopic (exact) mass is 295 g/mol. The molecule has 0 aliphatic carbocycles. The Morgan fingerprint density at radius 1 is 1.24 bits per heavy atom. The summed E-state index contributed by atoms with van der Waals surface area (Å²) in [4.78, 5) is 4.75. The van der Waals surface area contributed by atoms with E-state index in [1.165, 1.54) is 6.07 Å². The van der Waals surface area contributed by atoms with Gasteiger partial charge >= 0.3 is 0 Å². The highest BCUT2D eigenvalue weighted by atomic mass is 19.1. The number of hydrogen-bond donors (Lipinski definition) is 1. The third kappa shape index (κ3) is 5.26. The minimum Gasteiger partial charge on any atom is -0.492 e. The molecular formula is C16H26FN3O. The van der Waals surface area contributed by atoms with Crippen LogP contribution in [0.5, 0.6) is 5.75 Å². The number of piperazine rings is 1. The second-order valence-electron chi connectivity index (χ2n) is 5.53. The smallest absolute Gasteiger partial charge is 0.124 e. The first-order chi connectivity index (χ1) is 10.2. The summed E-state index contributed by atoms with van der Waals surface area (Å²) in [6.07, 6.45) is 0. The lowest BCUT2D eigenvalue weighted by atomic mass is 10.2. The molecule has 1 aromatic rings. The Hall–Kier alpha value is -1.17. The van der Waals surface area contributed by atoms with E-state index in [2.05, 4.69) is 22.2 Å². The minimum atomic E-state index is -0.214. The molecule has 5 heteroatoms. The van der Waals surface area contributed by atoms with Gasteiger partial charge in [-0.15, -0.1) is 0 Å². The molecule has 1 fully saturated rings. The first-order valence-electron chi connectivity index (χ1n) is 7.72. The summed E-state index contributed by atoms with van der Waals surface area (Å²) in [5.74, 6) is 0.570. The number of hydrogen-bond acceptors (Lipinski definition) is 4. The second kappa shape index (κ2) is 8.32. The molecule has 1 saturated heterocycles. The average Bonchev–Trinajstić information content (AvgIpc) is 2.49. The summed E-state index contributed by atoms with van der Waals surface area (Å²) < 4.78 is 19.2. The van der Waals surface area contributed by atoms with Crippen LogP contribution in [0.25, 0.3) is 0 Å². The Morgan fingerprint density at radius 2 is 2.00 bits per heavy atom. The molecule has 1 aliphatic rings. The van der Waals surface area contributed by atoms with Crippen molar-refractivity contribution in [3.8, 4) is 5.75 Å². The van der Waals surface area contributed by atoms with Crippen molar-refractivity contribution in [3.63, 3.8) is 0 Å². The Kier molecular flexibility index (Phi) is 6.42. The van der Waals surface area contributed by atoms with E-state index in [0.717, 1.165) is 50.6 Å². The third-order valence-corrected chi connectivity index (χ3v) is 3.85. The molecule has 0 atom stereocenters. The van der Waals surface area contributed by atoms with Crippen molar-refractivity contribution in [2.24, 2.45) is 0 Å². The minimum absolute atomic E-state index is 0.214. The van der Waals surface area contributed by atoms with Crippen LogP contribution in [-0.4, -0.2) is 62.7 Å². The van der Waals surface area contributed by atoms with Gasteiger partial charge in [-0.3, -0.25) is 4.90 Å². The van der Waals surface area contributed by atoms with E-state index in [9.17, 15) is 4.39 Å². The Bertz CT molecular complexity index is 434. The van der Waals surface area contributed by atoms with Crippen molar-refractivity contribution in [2.75, 3.05) is 52.9 Å². The first kappa shape index (κ1) is 16.2. The van der Waals surface area contributed by atoms with E-state index in [0.29, 0.717) is 13.2 Å². The van der Waals surface area contributed by atoms with Gasteiger partial charge in [-0.2, -0.15) is 0 Å². The molecular weight excluding hydrogens is 269 g/mol. The second-order valence-corrected chi connectivity index (χ2v) is 5.53. The van der Waals surface area contributed by atoms with Gasteiger partial charge in [-0.1, -0.05) is 6.92 Å². The van der Waals surface area contributed by atoms with Crippen LogP contribution in [-0.2, 0) is 6.54 Å². The van der Waals surface area contributed by atoms with Gasteiger partial charge in [-0.05, 0) is 31.8 Å². The molecule has 4 nitrogen and oxygen atoms in total. The SMILES string of the molecule is CCNCc1cc(F)ccc1OCCN1CCN(C)CC1. The highest BCUT2D eigenvalue weighted by molar-refractivity contribution is 5.33. The molecule has 118 valence electrons. The topological polar surface area (TPSA) is 27.7 Å². The van der Waals surface area contributed by atoms with E-state index in [1.807, 2.05) is 6.92 Å². The van der Waals surface area contributed by atoms with Crippen molar-refractivity contribution in [3.05, 3.63) is 29.6 Å². The zero-order valence-electron chi connectivity index (χ0n) is 13.1. The molecule has 0 aromatic heterocycles. The lowest BCUT2D eigenvalue weighted by Crippen LogP contribution is -2.45. The number of rotatable bonds is 7. The molecule has 1 N–H and O–H groups in total. The van der Waals surface area contributed by atoms with Crippen LogP contribution in [0.4, 0.5) is 4.39 Å². The van der Waals surface area contributed by atoms with Crippen LogP contribution < -0.4 is 10.1 Å². The molecule has 0 bridgehead atoms. The molecule has 0 spiro atoms. The summed E-state index contributed by atoms with van der Waals surface area (Å²) in [6, 6.07) is 4.74. The number of nitrogens with one attached hydrogen (secondary N) is 1. The van der Waals surface area contributed by atoms with Gasteiger partial charge in [0.1, 0.15) is 18.2 Å². The Balaban J connectivity index is 1.81. The van der Waals surface area contributed by atoms with Crippen LogP contribution in [0.2, 0.25) is 0 Å². The fourth-order valence-electron chi connectivity index (χ4n) is 2.44. The predicted octanol–water partition coefficient (Wildman–Crippen LogP) is 1.56. The summed E-state index contributed by atoms with van der Waals surface area (Å²) in [5.41, 5.74) is 0.884. The van der Waals surface area contributed by atoms with Crippen LogP contribution in [0.1, 0.15) is 12.5 Å². The van der Waals surface area contributed by atoms with Gasteiger partial charge in [0.05, 0.1) is 0 Å². The third-order valence-electron chi connectivity index (χ3n) is 3.85. The molecule has 0 radical (unpaired) electrons. The highest BCUT2D eigenvalue weighted by Gasteiger charge is 2.13. The Morgan fingerprint density at radius 3 is 2.71 bits per heavy atom. The molecule has 1 heterocycles. The maximum Gasteiger partial charge on any atom is 0.124 e. The normalized spacial score (nSPS) is 17.1. The zero-order valence-corrected chi connectivity index (χ0v) is 13.1. The van der Waals surface area contributed by atoms with E-state index < -0.39 is 0 Å². The zero-order chi connectivity index (χ0) is 15.1. The maximum absolute atomic E-state index is 13.3. The number of likely N-dealkylation sites (N-methyl/N-ethyl adjacent to an activating group) is 1. The summed E-state index contributed by atoms with van der Waals surface area (Å²) in [7, 11) is 2.15. The molecule has 1 aromatic carbocycles. The average molecular weight is 295 g/mol. The fourth-order valence-corrected chi connectivity index (χ4v) is 2.44. The van der Waals surface area contributed by atoms with Gasteiger partial charge in [0.2, 0.25) is 0 Å². The van der Waals surface area contributed by atoms with Crippen LogP contribution in [0.15, 0.2) is 18.2 Å². The number of halogens is 1. The van der Waals surface area contributed by atoms with Gasteiger partial charge in [0.25, 0.3) is 0 Å². The van der Waals surface area contributed by atoms with Gasteiger partial charge in [0.15, 0.2) is 0 Å². The van der Waals surface area contributed by atoms with Crippen molar-refractivity contribution in [1.29, 1.82) is 0 Å². The maximum atomic E-state index is 13.3. The summed E-state index contributed by atoms with van der Waals surface area (Å²) >= 11 is 0. The molecule has 21 heavy (non-hydrogen) atoms. The Labute approximate surface area is 126 Å². The standard InChI is InChI=1S/C16H26FN3O/c1-3-18-13-14-12-15(17)4-5-16(14)21-11-10-20-8-6-19(2)7-9-20/h4-5,12,18H,3,6-11,13H2,1-2H3. The molecule has 2 rings (SSSR count). The van der Waals surface area contributed by atoms with E-state index in [1.54, 1.807) is 12.1 Å². The largest absolute Gasteiger partial charge is 0.492 e. The van der Waals surface area contributed by atoms with Crippen LogP contribution in [0, 0.1) is 5.82 Å². The molecule has 1 aliphatic heterocycles. The first-order valence-corrected chi connectivity index (χ1v) is 7.72. The van der Waals surface area contributed by atoms with E-state index in [4.69, 9.17) is 4.74 Å². The molecule has 0 saturated carbocycles. The van der Waals surface area contributed by atoms with Crippen LogP contribution >= 0.6 is 0 Å². The lowest BCUT2D eigenvalue weighted by Gasteiger charge is -2.32. The van der Waals surface area contributed by atoms with E-state index >= 15 is 0 Å². The van der Waals surface area contributed by atoms with Crippen molar-refractivity contribution < 1.29 is 9.13 Å². The van der Waals surface area contributed by atoms with Gasteiger partial charge < -0.3 is 15.0 Å². The van der Waals surface area contributed by atoms with E-state index in [-0.39, 0.29) is 5.82 Å².